The Morgan fingerprint density at radius 3 is 2.58 bits per heavy atom. The molecule has 0 amide bonds. The van der Waals surface area contributed by atoms with E-state index in [1.165, 1.54) is 0 Å². The standard InChI is InChI=1S/C17H34N4O2.HI/c1-3-18-17(19-13-14-5-4-6-16(14)22)20-15-7-9-21(10-8-15)11-12-23-2;/h14-16,22H,3-13H2,1-2H3,(H2,18,19,20);1H. The third-order valence-electron chi connectivity index (χ3n) is 4.99. The zero-order valence-electron chi connectivity index (χ0n) is 15.2. The zero-order chi connectivity index (χ0) is 16.5. The van der Waals surface area contributed by atoms with Crippen LogP contribution in [0.5, 0.6) is 0 Å². The van der Waals surface area contributed by atoms with Crippen LogP contribution >= 0.6 is 24.0 Å². The Kier molecular flexibility index (Phi) is 11.2. The molecule has 7 heteroatoms. The largest absolute Gasteiger partial charge is 0.393 e. The van der Waals surface area contributed by atoms with Gasteiger partial charge in [-0.1, -0.05) is 6.42 Å². The van der Waals surface area contributed by atoms with Crippen molar-refractivity contribution in [3.63, 3.8) is 0 Å². The molecule has 3 N–H and O–H groups in total. The van der Waals surface area contributed by atoms with Crippen LogP contribution < -0.4 is 10.6 Å². The fourth-order valence-corrected chi connectivity index (χ4v) is 3.47. The Morgan fingerprint density at radius 1 is 1.25 bits per heavy atom. The summed E-state index contributed by atoms with van der Waals surface area (Å²) in [6.45, 7) is 7.75. The number of aliphatic hydroxyl groups excluding tert-OH is 1. The quantitative estimate of drug-likeness (QED) is 0.309. The van der Waals surface area contributed by atoms with Crippen LogP contribution in [0.2, 0.25) is 0 Å². The van der Waals surface area contributed by atoms with Crippen molar-refractivity contribution >= 4 is 29.9 Å². The SMILES string of the molecule is CCNC(=NCC1CCCC1O)NC1CCN(CCOC)CC1.I. The van der Waals surface area contributed by atoms with Crippen molar-refractivity contribution in [3.8, 4) is 0 Å². The number of aliphatic hydroxyl groups is 1. The molecule has 0 aromatic rings. The summed E-state index contributed by atoms with van der Waals surface area (Å²) in [6, 6.07) is 0.486. The average Bonchev–Trinajstić information content (AvgIpc) is 2.97. The second kappa shape index (κ2) is 12.3. The van der Waals surface area contributed by atoms with E-state index in [0.29, 0.717) is 12.0 Å². The van der Waals surface area contributed by atoms with E-state index in [2.05, 4.69) is 22.5 Å². The highest BCUT2D eigenvalue weighted by atomic mass is 127. The fraction of sp³-hybridized carbons (Fsp3) is 0.941. The van der Waals surface area contributed by atoms with Crippen molar-refractivity contribution in [2.45, 2.75) is 51.2 Å². The van der Waals surface area contributed by atoms with Crippen molar-refractivity contribution in [2.75, 3.05) is 46.4 Å². The van der Waals surface area contributed by atoms with E-state index in [0.717, 1.165) is 77.4 Å². The molecule has 2 unspecified atom stereocenters. The van der Waals surface area contributed by atoms with Crippen molar-refractivity contribution in [3.05, 3.63) is 0 Å². The summed E-state index contributed by atoms with van der Waals surface area (Å²) < 4.78 is 5.15. The van der Waals surface area contributed by atoms with E-state index in [4.69, 9.17) is 9.73 Å². The lowest BCUT2D eigenvalue weighted by Crippen LogP contribution is -2.49. The monoisotopic (exact) mass is 454 g/mol. The van der Waals surface area contributed by atoms with Gasteiger partial charge in [0.05, 0.1) is 12.7 Å². The average molecular weight is 454 g/mol. The van der Waals surface area contributed by atoms with Gasteiger partial charge >= 0.3 is 0 Å². The summed E-state index contributed by atoms with van der Waals surface area (Å²) >= 11 is 0. The van der Waals surface area contributed by atoms with Crippen LogP contribution in [0.25, 0.3) is 0 Å². The molecule has 1 saturated carbocycles. The fourth-order valence-electron chi connectivity index (χ4n) is 3.47. The molecule has 0 spiro atoms. The van der Waals surface area contributed by atoms with Crippen LogP contribution in [0.3, 0.4) is 0 Å². The first kappa shape index (κ1) is 21.9. The third-order valence-corrected chi connectivity index (χ3v) is 4.99. The molecular formula is C17H35IN4O2. The first-order valence-electron chi connectivity index (χ1n) is 9.17. The van der Waals surface area contributed by atoms with Gasteiger partial charge in [0.25, 0.3) is 0 Å². The maximum absolute atomic E-state index is 9.93. The van der Waals surface area contributed by atoms with Gasteiger partial charge in [-0.25, -0.2) is 0 Å². The topological polar surface area (TPSA) is 69.1 Å². The zero-order valence-corrected chi connectivity index (χ0v) is 17.5. The maximum Gasteiger partial charge on any atom is 0.191 e. The van der Waals surface area contributed by atoms with Crippen molar-refractivity contribution in [1.29, 1.82) is 0 Å². The minimum absolute atomic E-state index is 0. The number of methoxy groups -OCH3 is 1. The van der Waals surface area contributed by atoms with Crippen LogP contribution in [0.4, 0.5) is 0 Å². The van der Waals surface area contributed by atoms with Gasteiger partial charge in [0.15, 0.2) is 5.96 Å². The molecule has 2 rings (SSSR count). The summed E-state index contributed by atoms with van der Waals surface area (Å²) in [4.78, 5) is 7.17. The summed E-state index contributed by atoms with van der Waals surface area (Å²) in [5.41, 5.74) is 0. The van der Waals surface area contributed by atoms with Gasteiger partial charge in [-0.05, 0) is 32.6 Å². The number of hydrogen-bond acceptors (Lipinski definition) is 4. The van der Waals surface area contributed by atoms with Crippen LogP contribution in [0, 0.1) is 5.92 Å². The number of hydrogen-bond donors (Lipinski definition) is 3. The van der Waals surface area contributed by atoms with E-state index in [1.807, 2.05) is 0 Å². The molecule has 2 atom stereocenters. The van der Waals surface area contributed by atoms with Crippen molar-refractivity contribution < 1.29 is 9.84 Å². The van der Waals surface area contributed by atoms with Gasteiger partial charge in [-0.2, -0.15) is 0 Å². The Morgan fingerprint density at radius 2 is 2.00 bits per heavy atom. The molecule has 2 aliphatic rings. The van der Waals surface area contributed by atoms with Gasteiger partial charge in [-0.3, -0.25) is 4.99 Å². The number of nitrogens with one attached hydrogen (secondary N) is 2. The van der Waals surface area contributed by atoms with Gasteiger partial charge in [0, 0.05) is 51.8 Å². The van der Waals surface area contributed by atoms with Crippen molar-refractivity contribution in [2.24, 2.45) is 10.9 Å². The molecular weight excluding hydrogens is 419 g/mol. The number of piperidine rings is 1. The maximum atomic E-state index is 9.93. The number of guanidine groups is 1. The minimum Gasteiger partial charge on any atom is -0.393 e. The number of ether oxygens (including phenoxy) is 1. The molecule has 142 valence electrons. The molecule has 0 aromatic heterocycles. The van der Waals surface area contributed by atoms with Crippen molar-refractivity contribution in [1.82, 2.24) is 15.5 Å². The normalized spacial score (nSPS) is 26.2. The van der Waals surface area contributed by atoms with E-state index >= 15 is 0 Å². The predicted molar refractivity (Wildman–Crippen MR) is 109 cm³/mol. The second-order valence-corrected chi connectivity index (χ2v) is 6.73. The summed E-state index contributed by atoms with van der Waals surface area (Å²) in [6.07, 6.45) is 5.28. The lowest BCUT2D eigenvalue weighted by molar-refractivity contribution is 0.128. The molecule has 0 radical (unpaired) electrons. The molecule has 6 nitrogen and oxygen atoms in total. The van der Waals surface area contributed by atoms with Crippen LogP contribution in [-0.4, -0.2) is 74.6 Å². The first-order valence-corrected chi connectivity index (χ1v) is 9.17. The number of aliphatic imine (C=N–C) groups is 1. The lowest BCUT2D eigenvalue weighted by atomic mass is 10.1. The lowest BCUT2D eigenvalue weighted by Gasteiger charge is -2.33. The Balaban J connectivity index is 0.00000288. The molecule has 1 saturated heterocycles. The van der Waals surface area contributed by atoms with Gasteiger partial charge < -0.3 is 25.4 Å². The number of rotatable bonds is 7. The van der Waals surface area contributed by atoms with Crippen LogP contribution in [0.1, 0.15) is 39.0 Å². The van der Waals surface area contributed by atoms with Gasteiger partial charge in [0.2, 0.25) is 0 Å². The molecule has 0 bridgehead atoms. The highest BCUT2D eigenvalue weighted by Crippen LogP contribution is 2.25. The first-order chi connectivity index (χ1) is 11.2. The molecule has 2 fully saturated rings. The van der Waals surface area contributed by atoms with Gasteiger partial charge in [-0.15, -0.1) is 24.0 Å². The number of likely N-dealkylation sites (tertiary alicyclic amines) is 1. The van der Waals surface area contributed by atoms with Crippen LogP contribution in [-0.2, 0) is 4.74 Å². The van der Waals surface area contributed by atoms with E-state index < -0.39 is 0 Å². The second-order valence-electron chi connectivity index (χ2n) is 6.73. The predicted octanol–water partition coefficient (Wildman–Crippen LogP) is 1.43. The van der Waals surface area contributed by atoms with Crippen LogP contribution in [0.15, 0.2) is 4.99 Å². The summed E-state index contributed by atoms with van der Waals surface area (Å²) in [7, 11) is 1.76. The number of halogens is 1. The molecule has 1 aliphatic carbocycles. The Hall–Kier alpha value is -0.120. The van der Waals surface area contributed by atoms with E-state index in [9.17, 15) is 5.11 Å². The molecule has 24 heavy (non-hydrogen) atoms. The molecule has 1 aliphatic heterocycles. The smallest absolute Gasteiger partial charge is 0.191 e. The summed E-state index contributed by atoms with van der Waals surface area (Å²) in [5, 5.41) is 16.8. The summed E-state index contributed by atoms with van der Waals surface area (Å²) in [5.74, 6) is 1.24. The van der Waals surface area contributed by atoms with Gasteiger partial charge in [0.1, 0.15) is 0 Å². The van der Waals surface area contributed by atoms with E-state index in [-0.39, 0.29) is 30.1 Å². The highest BCUT2D eigenvalue weighted by Gasteiger charge is 2.25. The Bertz CT molecular complexity index is 362. The third kappa shape index (κ3) is 7.41. The molecule has 1 heterocycles. The van der Waals surface area contributed by atoms with E-state index in [1.54, 1.807) is 7.11 Å². The highest BCUT2D eigenvalue weighted by molar-refractivity contribution is 14.0. The number of nitrogens with zero attached hydrogens (tertiary/aromatic N) is 2. The Labute approximate surface area is 163 Å². The molecule has 0 aromatic carbocycles. The minimum atomic E-state index is -0.161.